The summed E-state index contributed by atoms with van der Waals surface area (Å²) in [6, 6.07) is 31.2. The second kappa shape index (κ2) is 15.3. The molecule has 0 aromatic heterocycles. The Bertz CT molecular complexity index is 2010. The highest BCUT2D eigenvalue weighted by Gasteiger charge is 2.66. The van der Waals surface area contributed by atoms with Crippen LogP contribution in [0, 0.1) is 5.92 Å². The fraction of sp³-hybridized carbons (Fsp3) is 0.372. The molecule has 11 heteroatoms. The zero-order valence-corrected chi connectivity index (χ0v) is 33.1. The van der Waals surface area contributed by atoms with Crippen molar-refractivity contribution in [3.05, 3.63) is 119 Å². The van der Waals surface area contributed by atoms with E-state index in [1.807, 2.05) is 83.8 Å². The van der Waals surface area contributed by atoms with Crippen LogP contribution in [0.4, 0.5) is 11.4 Å². The zero-order chi connectivity index (χ0) is 38.2. The van der Waals surface area contributed by atoms with Gasteiger partial charge in [-0.25, -0.2) is 0 Å². The van der Waals surface area contributed by atoms with Gasteiger partial charge in [-0.05, 0) is 65.6 Å². The van der Waals surface area contributed by atoms with Crippen molar-refractivity contribution in [3.63, 3.8) is 0 Å². The fourth-order valence-corrected chi connectivity index (χ4v) is 13.2. The number of hydrogen-bond donors (Lipinski definition) is 1. The molecule has 2 fully saturated rings. The number of halogens is 1. The second-order valence-electron chi connectivity index (χ2n) is 15.3. The van der Waals surface area contributed by atoms with E-state index in [4.69, 9.17) is 21.1 Å². The van der Waals surface area contributed by atoms with Gasteiger partial charge in [0.05, 0.1) is 46.5 Å². The number of aliphatic hydroxyl groups is 1. The molecule has 54 heavy (non-hydrogen) atoms. The van der Waals surface area contributed by atoms with E-state index in [2.05, 4.69) is 32.2 Å². The highest BCUT2D eigenvalue weighted by atomic mass is 35.5. The summed E-state index contributed by atoms with van der Waals surface area (Å²) in [5.41, 5.74) is 2.64. The van der Waals surface area contributed by atoms with Crippen LogP contribution in [0.25, 0.3) is 0 Å². The van der Waals surface area contributed by atoms with Crippen molar-refractivity contribution in [1.29, 1.82) is 0 Å². The maximum absolute atomic E-state index is 15.2. The smallest absolute Gasteiger partial charge is 0.264 e. The molecule has 4 aromatic rings. The number of carbonyl (C=O) groups is 3. The maximum Gasteiger partial charge on any atom is 0.264 e. The van der Waals surface area contributed by atoms with Crippen LogP contribution in [0.3, 0.4) is 0 Å². The normalized spacial score (nSPS) is 22.3. The second-order valence-corrected chi connectivity index (χ2v) is 20.4. The summed E-state index contributed by atoms with van der Waals surface area (Å²) >= 11 is 6.70. The summed E-state index contributed by atoms with van der Waals surface area (Å²) in [5, 5.41) is 11.7. The summed E-state index contributed by atoms with van der Waals surface area (Å²) in [7, 11) is -0.873. The molecule has 1 spiro atoms. The van der Waals surface area contributed by atoms with Crippen molar-refractivity contribution < 1.29 is 29.0 Å². The maximum atomic E-state index is 15.2. The summed E-state index contributed by atoms with van der Waals surface area (Å²) < 4.78 is 12.7. The van der Waals surface area contributed by atoms with E-state index in [0.717, 1.165) is 34.7 Å². The lowest BCUT2D eigenvalue weighted by Gasteiger charge is -2.37. The summed E-state index contributed by atoms with van der Waals surface area (Å²) in [6.45, 7) is 8.04. The van der Waals surface area contributed by atoms with Crippen molar-refractivity contribution in [2.45, 2.75) is 69.6 Å². The number of nitrogens with zero attached hydrogens (tertiary/aromatic N) is 3. The minimum Gasteiger partial charge on any atom is -0.497 e. The average molecular weight is 766 g/mol. The van der Waals surface area contributed by atoms with Crippen LogP contribution in [0.2, 0.25) is 23.7 Å². The van der Waals surface area contributed by atoms with E-state index in [1.165, 1.54) is 5.19 Å². The standard InChI is InChI=1S/C43H48ClN3O6Si/c1-29-41(54(3,4)35-19-17-34(52-2)18-20-35)38(26-40(50)45(23-24-48)27-30-9-6-5-7-10-30)53-43(29)36-25-32(44)14-21-37(36)47(42(43)51)28-31-12-15-33(16-13-31)46-22-8-11-39(46)49/h5-7,9-10,12-21,25,29,38,41,48H,8,11,22-24,26-28H2,1-4H3/t29-,38+,41-,43+/m0/s1. The summed E-state index contributed by atoms with van der Waals surface area (Å²) in [6.07, 6.45) is 0.861. The predicted molar refractivity (Wildman–Crippen MR) is 214 cm³/mol. The van der Waals surface area contributed by atoms with Gasteiger partial charge in [0, 0.05) is 48.2 Å². The Morgan fingerprint density at radius 1 is 1.00 bits per heavy atom. The molecule has 282 valence electrons. The number of ether oxygens (including phenoxy) is 2. The van der Waals surface area contributed by atoms with Gasteiger partial charge in [-0.1, -0.05) is 91.4 Å². The molecule has 3 aliphatic rings. The van der Waals surface area contributed by atoms with E-state index in [-0.39, 0.29) is 48.8 Å². The molecule has 4 aromatic carbocycles. The van der Waals surface area contributed by atoms with Crippen molar-refractivity contribution in [2.24, 2.45) is 5.92 Å². The first-order valence-electron chi connectivity index (χ1n) is 18.7. The topological polar surface area (TPSA) is 99.6 Å². The number of amides is 3. The van der Waals surface area contributed by atoms with E-state index in [1.54, 1.807) is 23.0 Å². The molecule has 3 aliphatic heterocycles. The molecule has 0 saturated carbocycles. The lowest BCUT2D eigenvalue weighted by molar-refractivity contribution is -0.150. The number of hydrogen-bond acceptors (Lipinski definition) is 6. The van der Waals surface area contributed by atoms with Gasteiger partial charge in [0.1, 0.15) is 5.75 Å². The molecular formula is C43H48ClN3O6Si. The third-order valence-corrected chi connectivity index (χ3v) is 16.4. The third kappa shape index (κ3) is 6.85. The molecular weight excluding hydrogens is 718 g/mol. The van der Waals surface area contributed by atoms with Gasteiger partial charge in [-0.3, -0.25) is 14.4 Å². The van der Waals surface area contributed by atoms with Crippen LogP contribution in [0.15, 0.2) is 97.1 Å². The number of methoxy groups -OCH3 is 1. The van der Waals surface area contributed by atoms with E-state index in [9.17, 15) is 14.7 Å². The van der Waals surface area contributed by atoms with Crippen LogP contribution >= 0.6 is 11.6 Å². The highest BCUT2D eigenvalue weighted by molar-refractivity contribution is 6.91. The molecule has 0 radical (unpaired) electrons. The highest BCUT2D eigenvalue weighted by Crippen LogP contribution is 2.60. The van der Waals surface area contributed by atoms with E-state index in [0.29, 0.717) is 36.6 Å². The average Bonchev–Trinajstić information content (AvgIpc) is 3.80. The lowest BCUT2D eigenvalue weighted by Crippen LogP contribution is -2.52. The zero-order valence-electron chi connectivity index (χ0n) is 31.3. The summed E-state index contributed by atoms with van der Waals surface area (Å²) in [4.78, 5) is 47.2. The van der Waals surface area contributed by atoms with Gasteiger partial charge >= 0.3 is 0 Å². The van der Waals surface area contributed by atoms with Gasteiger partial charge < -0.3 is 29.3 Å². The van der Waals surface area contributed by atoms with Gasteiger partial charge in [0.2, 0.25) is 11.8 Å². The SMILES string of the molecule is COc1ccc([Si](C)(C)[C@@H]2[C@@H](CC(=O)N(CCO)Cc3ccccc3)O[C@]3(C(=O)N(Cc4ccc(N5CCCC5=O)cc4)c4ccc(Cl)cc43)[C@H]2C)cc1. The lowest BCUT2D eigenvalue weighted by atomic mass is 9.82. The van der Waals surface area contributed by atoms with Crippen LogP contribution in [0.5, 0.6) is 5.75 Å². The minimum absolute atomic E-state index is 0.0516. The number of benzene rings is 4. The quantitative estimate of drug-likeness (QED) is 0.162. The first kappa shape index (κ1) is 37.8. The third-order valence-electron chi connectivity index (χ3n) is 11.8. The monoisotopic (exact) mass is 765 g/mol. The molecule has 3 amide bonds. The van der Waals surface area contributed by atoms with Crippen LogP contribution in [-0.4, -0.2) is 68.7 Å². The van der Waals surface area contributed by atoms with Crippen molar-refractivity contribution in [3.8, 4) is 5.75 Å². The first-order chi connectivity index (χ1) is 26.0. The van der Waals surface area contributed by atoms with E-state index < -0.39 is 19.8 Å². The Morgan fingerprint density at radius 2 is 1.72 bits per heavy atom. The molecule has 9 nitrogen and oxygen atoms in total. The van der Waals surface area contributed by atoms with Crippen LogP contribution in [-0.2, 0) is 37.8 Å². The number of carbonyl (C=O) groups excluding carboxylic acids is 3. The molecule has 7 rings (SSSR count). The molecule has 4 atom stereocenters. The number of rotatable bonds is 12. The first-order valence-corrected chi connectivity index (χ1v) is 22.2. The number of aliphatic hydroxyl groups excluding tert-OH is 1. The van der Waals surface area contributed by atoms with E-state index >= 15 is 4.79 Å². The molecule has 0 aliphatic carbocycles. The Kier molecular flexibility index (Phi) is 10.7. The molecule has 1 N–H and O–H groups in total. The van der Waals surface area contributed by atoms with Crippen LogP contribution < -0.4 is 19.7 Å². The summed E-state index contributed by atoms with van der Waals surface area (Å²) in [5.74, 6) is 0.241. The minimum atomic E-state index is -2.52. The van der Waals surface area contributed by atoms with Crippen LogP contribution in [0.1, 0.15) is 42.9 Å². The molecule has 0 bridgehead atoms. The van der Waals surface area contributed by atoms with Gasteiger partial charge in [-0.15, -0.1) is 0 Å². The number of anilines is 2. The largest absolute Gasteiger partial charge is 0.497 e. The van der Waals surface area contributed by atoms with Gasteiger partial charge in [0.15, 0.2) is 5.60 Å². The van der Waals surface area contributed by atoms with Crippen molar-refractivity contribution in [1.82, 2.24) is 4.90 Å². The Labute approximate surface area is 323 Å². The number of fused-ring (bicyclic) bond motifs is 2. The molecule has 3 heterocycles. The molecule has 2 saturated heterocycles. The Morgan fingerprint density at radius 3 is 2.37 bits per heavy atom. The van der Waals surface area contributed by atoms with Gasteiger partial charge in [0.25, 0.3) is 5.91 Å². The predicted octanol–water partition coefficient (Wildman–Crippen LogP) is 6.65. The van der Waals surface area contributed by atoms with Crippen molar-refractivity contribution in [2.75, 3.05) is 36.6 Å². The van der Waals surface area contributed by atoms with Gasteiger partial charge in [-0.2, -0.15) is 0 Å². The van der Waals surface area contributed by atoms with Crippen molar-refractivity contribution >= 4 is 54.0 Å². The molecule has 0 unspecified atom stereocenters. The Balaban J connectivity index is 1.26. The Hall–Kier alpha value is -4.48. The fourth-order valence-electron chi connectivity index (χ4n) is 9.05.